The molecule has 0 spiro atoms. The van der Waals surface area contributed by atoms with Crippen molar-refractivity contribution in [2.24, 2.45) is 0 Å². The summed E-state index contributed by atoms with van der Waals surface area (Å²) >= 11 is 0. The number of methoxy groups -OCH3 is 1. The van der Waals surface area contributed by atoms with Crippen molar-refractivity contribution in [2.75, 3.05) is 17.7 Å². The van der Waals surface area contributed by atoms with Crippen molar-refractivity contribution in [3.05, 3.63) is 72.3 Å². The zero-order valence-corrected chi connectivity index (χ0v) is 17.2. The average Bonchev–Trinajstić information content (AvgIpc) is 2.70. The lowest BCUT2D eigenvalue weighted by molar-refractivity contribution is 0.397. The molecule has 0 amide bonds. The van der Waals surface area contributed by atoms with Crippen LogP contribution < -0.4 is 15.4 Å². The van der Waals surface area contributed by atoms with Crippen LogP contribution >= 0.6 is 0 Å². The molecule has 0 heterocycles. The normalized spacial score (nSPS) is 11.1. The number of anilines is 4. The van der Waals surface area contributed by atoms with Gasteiger partial charge in [-0.05, 0) is 60.5 Å². The molecule has 0 saturated carbocycles. The highest BCUT2D eigenvalue weighted by Crippen LogP contribution is 2.33. The van der Waals surface area contributed by atoms with Crippen LogP contribution in [0.4, 0.5) is 22.7 Å². The van der Waals surface area contributed by atoms with E-state index in [1.54, 1.807) is 6.07 Å². The summed E-state index contributed by atoms with van der Waals surface area (Å²) in [6.45, 7) is 2.04. The van der Waals surface area contributed by atoms with Crippen LogP contribution in [0, 0.1) is 0 Å². The van der Waals surface area contributed by atoms with E-state index in [1.807, 2.05) is 61.5 Å². The molecule has 29 heavy (non-hydrogen) atoms. The second-order valence-electron chi connectivity index (χ2n) is 6.58. The summed E-state index contributed by atoms with van der Waals surface area (Å²) in [5.74, 6) is 0.129. The molecule has 3 N–H and O–H groups in total. The summed E-state index contributed by atoms with van der Waals surface area (Å²) in [7, 11) is -3.03. The minimum atomic E-state index is -4.41. The van der Waals surface area contributed by atoms with Crippen LogP contribution in [0.25, 0.3) is 0 Å². The van der Waals surface area contributed by atoms with E-state index in [2.05, 4.69) is 10.6 Å². The molecule has 0 unspecified atom stereocenters. The lowest BCUT2D eigenvalue weighted by Crippen LogP contribution is -2.05. The molecular formula is C22H24N2O4S. The molecule has 6 nitrogen and oxygen atoms in total. The molecule has 0 atom stereocenters. The number of nitrogens with one attached hydrogen (secondary N) is 2. The summed E-state index contributed by atoms with van der Waals surface area (Å²) in [5, 5.41) is 6.57. The van der Waals surface area contributed by atoms with Gasteiger partial charge in [-0.15, -0.1) is 0 Å². The van der Waals surface area contributed by atoms with Gasteiger partial charge in [0.05, 0.1) is 7.11 Å². The Labute approximate surface area is 171 Å². The molecule has 152 valence electrons. The van der Waals surface area contributed by atoms with Gasteiger partial charge in [-0.3, -0.25) is 4.55 Å². The van der Waals surface area contributed by atoms with Crippen molar-refractivity contribution in [1.29, 1.82) is 0 Å². The number of para-hydroxylation sites is 1. The monoisotopic (exact) mass is 412 g/mol. The molecule has 0 aliphatic heterocycles. The molecule has 0 bridgehead atoms. The second kappa shape index (κ2) is 8.98. The maximum Gasteiger partial charge on any atom is 0.298 e. The van der Waals surface area contributed by atoms with Gasteiger partial charge in [-0.2, -0.15) is 8.42 Å². The molecular weight excluding hydrogens is 388 g/mol. The molecule has 3 aromatic rings. The first-order valence-electron chi connectivity index (χ1n) is 9.28. The van der Waals surface area contributed by atoms with E-state index in [4.69, 9.17) is 4.74 Å². The van der Waals surface area contributed by atoms with Crippen molar-refractivity contribution >= 4 is 32.9 Å². The van der Waals surface area contributed by atoms with Crippen LogP contribution in [-0.4, -0.2) is 20.1 Å². The fourth-order valence-corrected chi connectivity index (χ4v) is 3.70. The summed E-state index contributed by atoms with van der Waals surface area (Å²) < 4.78 is 38.2. The Morgan fingerprint density at radius 2 is 1.48 bits per heavy atom. The Bertz CT molecular complexity index is 1070. The van der Waals surface area contributed by atoms with Gasteiger partial charge in [0.1, 0.15) is 10.6 Å². The molecule has 3 rings (SSSR count). The number of hydrogen-bond donors (Lipinski definition) is 3. The number of aryl methyl sites for hydroxylation is 1. The molecule has 0 aliphatic rings. The van der Waals surface area contributed by atoms with Crippen LogP contribution in [0.15, 0.2) is 71.6 Å². The van der Waals surface area contributed by atoms with E-state index in [0.29, 0.717) is 5.69 Å². The maximum absolute atomic E-state index is 11.7. The van der Waals surface area contributed by atoms with Crippen LogP contribution in [0.2, 0.25) is 0 Å². The van der Waals surface area contributed by atoms with Crippen LogP contribution in [0.3, 0.4) is 0 Å². The molecule has 3 aromatic carbocycles. The first kappa shape index (κ1) is 20.7. The lowest BCUT2D eigenvalue weighted by Gasteiger charge is -2.16. The predicted molar refractivity (Wildman–Crippen MR) is 116 cm³/mol. The van der Waals surface area contributed by atoms with E-state index in [1.165, 1.54) is 13.2 Å². The van der Waals surface area contributed by atoms with Crippen molar-refractivity contribution < 1.29 is 17.7 Å². The first-order valence-corrected chi connectivity index (χ1v) is 10.7. The second-order valence-corrected chi connectivity index (χ2v) is 7.97. The van der Waals surface area contributed by atoms with Crippen LogP contribution in [-0.2, 0) is 16.5 Å². The molecule has 0 saturated heterocycles. The minimum absolute atomic E-state index is 0.129. The third-order valence-electron chi connectivity index (χ3n) is 4.41. The topological polar surface area (TPSA) is 87.7 Å². The molecule has 7 heteroatoms. The quantitative estimate of drug-likeness (QED) is 0.431. The van der Waals surface area contributed by atoms with E-state index >= 15 is 0 Å². The van der Waals surface area contributed by atoms with Gasteiger partial charge >= 0.3 is 0 Å². The number of benzene rings is 3. The van der Waals surface area contributed by atoms with Crippen molar-refractivity contribution in [2.45, 2.75) is 24.7 Å². The molecule has 0 aliphatic carbocycles. The van der Waals surface area contributed by atoms with E-state index in [9.17, 15) is 13.0 Å². The fraction of sp³-hybridized carbons (Fsp3) is 0.182. The summed E-state index contributed by atoms with van der Waals surface area (Å²) in [6, 6.07) is 20.6. The van der Waals surface area contributed by atoms with Crippen LogP contribution in [0.1, 0.15) is 18.9 Å². The highest BCUT2D eigenvalue weighted by Gasteiger charge is 2.20. The van der Waals surface area contributed by atoms with Gasteiger partial charge < -0.3 is 15.4 Å². The summed E-state index contributed by atoms with van der Waals surface area (Å²) in [6.07, 6.45) is 1.61. The Morgan fingerprint density at radius 1 is 0.897 bits per heavy atom. The fourth-order valence-electron chi connectivity index (χ4n) is 3.04. The van der Waals surface area contributed by atoms with E-state index in [0.717, 1.165) is 35.5 Å². The SMILES string of the molecule is CCCc1cc(OC)c(S(=O)(=O)O)cc1Nc1ccc(Nc2ccccc2)cc1. The highest BCUT2D eigenvalue weighted by molar-refractivity contribution is 7.86. The maximum atomic E-state index is 11.7. The third kappa shape index (κ3) is 5.28. The minimum Gasteiger partial charge on any atom is -0.495 e. The number of ether oxygens (including phenoxy) is 1. The zero-order chi connectivity index (χ0) is 20.9. The zero-order valence-electron chi connectivity index (χ0n) is 16.3. The van der Waals surface area contributed by atoms with Gasteiger partial charge in [0, 0.05) is 22.7 Å². The Hall–Kier alpha value is -3.03. The van der Waals surface area contributed by atoms with E-state index < -0.39 is 10.1 Å². The van der Waals surface area contributed by atoms with Gasteiger partial charge in [-0.25, -0.2) is 0 Å². The van der Waals surface area contributed by atoms with Gasteiger partial charge in [0.2, 0.25) is 0 Å². The Kier molecular flexibility index (Phi) is 6.41. The van der Waals surface area contributed by atoms with Crippen molar-refractivity contribution in [1.82, 2.24) is 0 Å². The standard InChI is InChI=1S/C22H24N2O4S/c1-3-7-16-14-21(28-2)22(29(25,26)27)15-20(16)24-19-12-10-18(11-13-19)23-17-8-5-4-6-9-17/h4-6,8-15,23-24H,3,7H2,1-2H3,(H,25,26,27). The lowest BCUT2D eigenvalue weighted by atomic mass is 10.1. The summed E-state index contributed by atoms with van der Waals surface area (Å²) in [4.78, 5) is -0.260. The molecule has 0 aromatic heterocycles. The largest absolute Gasteiger partial charge is 0.495 e. The van der Waals surface area contributed by atoms with Gasteiger partial charge in [0.15, 0.2) is 0 Å². The Balaban J connectivity index is 1.88. The third-order valence-corrected chi connectivity index (χ3v) is 5.29. The Morgan fingerprint density at radius 3 is 2.03 bits per heavy atom. The first-order chi connectivity index (χ1) is 13.9. The van der Waals surface area contributed by atoms with Crippen molar-refractivity contribution in [3.63, 3.8) is 0 Å². The van der Waals surface area contributed by atoms with Crippen LogP contribution in [0.5, 0.6) is 5.75 Å². The molecule has 0 radical (unpaired) electrons. The van der Waals surface area contributed by atoms with Gasteiger partial charge in [0.25, 0.3) is 10.1 Å². The highest BCUT2D eigenvalue weighted by atomic mass is 32.2. The van der Waals surface area contributed by atoms with Crippen molar-refractivity contribution in [3.8, 4) is 5.75 Å². The van der Waals surface area contributed by atoms with Gasteiger partial charge in [-0.1, -0.05) is 31.5 Å². The smallest absolute Gasteiger partial charge is 0.298 e. The predicted octanol–water partition coefficient (Wildman–Crippen LogP) is 5.38. The number of hydrogen-bond acceptors (Lipinski definition) is 5. The van der Waals surface area contributed by atoms with E-state index in [-0.39, 0.29) is 10.6 Å². The summed E-state index contributed by atoms with van der Waals surface area (Å²) in [5.41, 5.74) is 4.25. The average molecular weight is 413 g/mol. The number of rotatable bonds is 8. The molecule has 0 fully saturated rings.